The maximum absolute atomic E-state index is 11.3. The highest BCUT2D eigenvalue weighted by molar-refractivity contribution is 6.16. The normalized spacial score (nSPS) is 13.3. The van der Waals surface area contributed by atoms with Crippen molar-refractivity contribution in [2.75, 3.05) is 0 Å². The molecule has 0 aromatic heterocycles. The Labute approximate surface area is 91.0 Å². The van der Waals surface area contributed by atoms with Gasteiger partial charge in [0.25, 0.3) is 0 Å². The van der Waals surface area contributed by atoms with Gasteiger partial charge in [0.1, 0.15) is 11.3 Å². The van der Waals surface area contributed by atoms with Crippen LogP contribution in [0.15, 0.2) is 18.2 Å². The quantitative estimate of drug-likeness (QED) is 0.427. The van der Waals surface area contributed by atoms with E-state index in [-0.39, 0.29) is 23.3 Å². The summed E-state index contributed by atoms with van der Waals surface area (Å²) in [6, 6.07) is 4.43. The summed E-state index contributed by atoms with van der Waals surface area (Å²) in [6.45, 7) is 1.63. The standard InChI is InChI=1S/C11H8O5/c1-2-8(12)15-7-5-3-4-6-9(7)11(14)16-10(6)13/h3-5H,2H2,1H3. The van der Waals surface area contributed by atoms with Crippen LogP contribution in [0.25, 0.3) is 0 Å². The summed E-state index contributed by atoms with van der Waals surface area (Å²) in [5.41, 5.74) is 0.153. The number of fused-ring (bicyclic) bond motifs is 1. The van der Waals surface area contributed by atoms with Crippen LogP contribution in [-0.4, -0.2) is 17.9 Å². The van der Waals surface area contributed by atoms with Gasteiger partial charge in [0, 0.05) is 6.42 Å². The average Bonchev–Trinajstić information content (AvgIpc) is 2.56. The fourth-order valence-corrected chi connectivity index (χ4v) is 1.38. The van der Waals surface area contributed by atoms with Gasteiger partial charge in [-0.2, -0.15) is 0 Å². The smallest absolute Gasteiger partial charge is 0.350 e. The van der Waals surface area contributed by atoms with E-state index in [4.69, 9.17) is 4.74 Å². The van der Waals surface area contributed by atoms with Crippen LogP contribution >= 0.6 is 0 Å². The molecular formula is C11H8O5. The lowest BCUT2D eigenvalue weighted by Crippen LogP contribution is -2.08. The Bertz CT molecular complexity index is 489. The van der Waals surface area contributed by atoms with E-state index in [0.29, 0.717) is 0 Å². The Hall–Kier alpha value is -2.17. The fourth-order valence-electron chi connectivity index (χ4n) is 1.38. The molecule has 0 unspecified atom stereocenters. The molecule has 0 amide bonds. The summed E-state index contributed by atoms with van der Waals surface area (Å²) in [7, 11) is 0. The van der Waals surface area contributed by atoms with Gasteiger partial charge in [0.2, 0.25) is 0 Å². The molecule has 1 heterocycles. The van der Waals surface area contributed by atoms with E-state index in [1.807, 2.05) is 0 Å². The second-order valence-electron chi connectivity index (χ2n) is 3.18. The van der Waals surface area contributed by atoms with Crippen molar-refractivity contribution in [3.05, 3.63) is 29.3 Å². The third-order valence-electron chi connectivity index (χ3n) is 2.15. The van der Waals surface area contributed by atoms with Gasteiger partial charge in [-0.05, 0) is 12.1 Å². The molecule has 1 aliphatic rings. The largest absolute Gasteiger partial charge is 0.426 e. The van der Waals surface area contributed by atoms with Gasteiger partial charge in [0.05, 0.1) is 5.56 Å². The lowest BCUT2D eigenvalue weighted by molar-refractivity contribution is -0.134. The van der Waals surface area contributed by atoms with E-state index in [0.717, 1.165) is 0 Å². The summed E-state index contributed by atoms with van der Waals surface area (Å²) in [4.78, 5) is 33.6. The molecule has 0 saturated carbocycles. The number of benzene rings is 1. The molecule has 0 bridgehead atoms. The minimum absolute atomic E-state index is 0.0225. The topological polar surface area (TPSA) is 69.7 Å². The second-order valence-corrected chi connectivity index (χ2v) is 3.18. The number of hydrogen-bond donors (Lipinski definition) is 0. The Balaban J connectivity index is 2.45. The van der Waals surface area contributed by atoms with Gasteiger partial charge in [-0.25, -0.2) is 9.59 Å². The first-order chi connectivity index (χ1) is 7.63. The first-order valence-electron chi connectivity index (χ1n) is 4.73. The second kappa shape index (κ2) is 3.77. The lowest BCUT2D eigenvalue weighted by Gasteiger charge is -2.04. The van der Waals surface area contributed by atoms with Gasteiger partial charge in [-0.3, -0.25) is 4.79 Å². The van der Waals surface area contributed by atoms with Crippen molar-refractivity contribution in [3.8, 4) is 5.75 Å². The summed E-state index contributed by atoms with van der Waals surface area (Å²) >= 11 is 0. The van der Waals surface area contributed by atoms with E-state index in [1.165, 1.54) is 18.2 Å². The molecule has 1 aromatic carbocycles. The Kier molecular flexibility index (Phi) is 2.44. The lowest BCUT2D eigenvalue weighted by atomic mass is 10.1. The molecule has 16 heavy (non-hydrogen) atoms. The number of hydrogen-bond acceptors (Lipinski definition) is 5. The number of ether oxygens (including phenoxy) is 2. The van der Waals surface area contributed by atoms with E-state index in [9.17, 15) is 14.4 Å². The van der Waals surface area contributed by atoms with Crippen LogP contribution in [-0.2, 0) is 9.53 Å². The van der Waals surface area contributed by atoms with Crippen molar-refractivity contribution in [3.63, 3.8) is 0 Å². The zero-order chi connectivity index (χ0) is 11.7. The van der Waals surface area contributed by atoms with Crippen molar-refractivity contribution >= 4 is 17.9 Å². The molecule has 0 radical (unpaired) electrons. The molecule has 0 aliphatic carbocycles. The molecule has 5 nitrogen and oxygen atoms in total. The van der Waals surface area contributed by atoms with Crippen molar-refractivity contribution in [2.24, 2.45) is 0 Å². The van der Waals surface area contributed by atoms with E-state index >= 15 is 0 Å². The highest BCUT2D eigenvalue weighted by Crippen LogP contribution is 2.29. The number of carbonyl (C=O) groups excluding carboxylic acids is 3. The predicted molar refractivity (Wildman–Crippen MR) is 52.1 cm³/mol. The van der Waals surface area contributed by atoms with Crippen LogP contribution in [0.4, 0.5) is 0 Å². The van der Waals surface area contributed by atoms with Gasteiger partial charge >= 0.3 is 17.9 Å². The van der Waals surface area contributed by atoms with Crippen LogP contribution < -0.4 is 4.74 Å². The molecule has 2 rings (SSSR count). The zero-order valence-corrected chi connectivity index (χ0v) is 8.48. The van der Waals surface area contributed by atoms with Crippen molar-refractivity contribution < 1.29 is 23.9 Å². The van der Waals surface area contributed by atoms with E-state index in [2.05, 4.69) is 4.74 Å². The SMILES string of the molecule is CCC(=O)Oc1cccc2c1C(=O)OC2=O. The maximum atomic E-state index is 11.3. The Morgan fingerprint density at radius 1 is 1.31 bits per heavy atom. The van der Waals surface area contributed by atoms with Crippen molar-refractivity contribution in [1.29, 1.82) is 0 Å². The first-order valence-corrected chi connectivity index (χ1v) is 4.73. The Morgan fingerprint density at radius 3 is 2.75 bits per heavy atom. The number of cyclic esters (lactones) is 2. The predicted octanol–water partition coefficient (Wildman–Crippen LogP) is 1.31. The molecular weight excluding hydrogens is 212 g/mol. The third-order valence-corrected chi connectivity index (χ3v) is 2.15. The van der Waals surface area contributed by atoms with Gasteiger partial charge in [0.15, 0.2) is 0 Å². The maximum Gasteiger partial charge on any atom is 0.350 e. The zero-order valence-electron chi connectivity index (χ0n) is 8.48. The van der Waals surface area contributed by atoms with E-state index in [1.54, 1.807) is 6.92 Å². The minimum Gasteiger partial charge on any atom is -0.426 e. The highest BCUT2D eigenvalue weighted by Gasteiger charge is 2.33. The average molecular weight is 220 g/mol. The van der Waals surface area contributed by atoms with Crippen LogP contribution in [0.2, 0.25) is 0 Å². The van der Waals surface area contributed by atoms with Gasteiger partial charge in [-0.15, -0.1) is 0 Å². The van der Waals surface area contributed by atoms with Crippen LogP contribution in [0.5, 0.6) is 5.75 Å². The van der Waals surface area contributed by atoms with Crippen molar-refractivity contribution in [1.82, 2.24) is 0 Å². The first kappa shape index (κ1) is 10.4. The van der Waals surface area contributed by atoms with Crippen LogP contribution in [0.3, 0.4) is 0 Å². The monoisotopic (exact) mass is 220 g/mol. The Morgan fingerprint density at radius 2 is 2.06 bits per heavy atom. The summed E-state index contributed by atoms with van der Waals surface area (Å²) < 4.78 is 9.35. The fraction of sp³-hybridized carbons (Fsp3) is 0.182. The molecule has 1 aliphatic heterocycles. The van der Waals surface area contributed by atoms with Gasteiger partial charge < -0.3 is 9.47 Å². The summed E-state index contributed by atoms with van der Waals surface area (Å²) in [6.07, 6.45) is 0.187. The third kappa shape index (κ3) is 1.56. The number of esters is 3. The summed E-state index contributed by atoms with van der Waals surface area (Å²) in [5, 5.41) is 0. The summed E-state index contributed by atoms with van der Waals surface area (Å²) in [5.74, 6) is -1.89. The molecule has 0 atom stereocenters. The molecule has 1 aromatic rings. The van der Waals surface area contributed by atoms with Crippen LogP contribution in [0.1, 0.15) is 34.1 Å². The van der Waals surface area contributed by atoms with Crippen molar-refractivity contribution in [2.45, 2.75) is 13.3 Å². The molecule has 82 valence electrons. The molecule has 0 spiro atoms. The van der Waals surface area contributed by atoms with E-state index < -0.39 is 17.9 Å². The number of carbonyl (C=O) groups is 3. The highest BCUT2D eigenvalue weighted by atomic mass is 16.6. The molecule has 0 N–H and O–H groups in total. The molecule has 0 saturated heterocycles. The van der Waals surface area contributed by atoms with Gasteiger partial charge in [-0.1, -0.05) is 13.0 Å². The van der Waals surface area contributed by atoms with Crippen LogP contribution in [0, 0.1) is 0 Å². The minimum atomic E-state index is -0.778. The molecule has 0 fully saturated rings. The number of rotatable bonds is 2. The molecule has 5 heteroatoms.